The van der Waals surface area contributed by atoms with E-state index in [9.17, 15) is 9.59 Å². The number of benzene rings is 4. The third kappa shape index (κ3) is 5.36. The number of anilines is 1. The topological polar surface area (TPSA) is 83.7 Å². The predicted octanol–water partition coefficient (Wildman–Crippen LogP) is 6.96. The summed E-state index contributed by atoms with van der Waals surface area (Å²) in [6.45, 7) is 1.14. The van der Waals surface area contributed by atoms with Crippen LogP contribution < -0.4 is 14.8 Å². The summed E-state index contributed by atoms with van der Waals surface area (Å²) in [7, 11) is 3.24. The Morgan fingerprint density at radius 3 is 2.22 bits per heavy atom. The van der Waals surface area contributed by atoms with Crippen molar-refractivity contribution in [3.63, 3.8) is 0 Å². The standard InChI is InChI=1S/C33H28ClN3O4/c1-40-30-17-23-13-14-37(19-25(23)18-31(30)41-2)33(39)29-16-24-15-22(7-12-28(24)36-29)20-5-10-27(11-6-20)35-32(38)21-3-8-26(34)9-4-21/h3-12,15-18,36H,13-14,19H2,1-2H3,(H,35,38). The normalized spacial score (nSPS) is 12.6. The predicted molar refractivity (Wildman–Crippen MR) is 161 cm³/mol. The summed E-state index contributed by atoms with van der Waals surface area (Å²) in [5, 5.41) is 4.45. The number of carbonyl (C=O) groups excluding carboxylic acids is 2. The van der Waals surface area contributed by atoms with Gasteiger partial charge in [-0.05, 0) is 95.4 Å². The highest BCUT2D eigenvalue weighted by Crippen LogP contribution is 2.34. The van der Waals surface area contributed by atoms with Crippen LogP contribution in [0.1, 0.15) is 32.0 Å². The molecule has 0 atom stereocenters. The van der Waals surface area contributed by atoms with Crippen LogP contribution in [0.4, 0.5) is 5.69 Å². The molecule has 5 aromatic rings. The van der Waals surface area contributed by atoms with Crippen LogP contribution in [0, 0.1) is 0 Å². The number of nitrogens with zero attached hydrogens (tertiary/aromatic N) is 1. The number of fused-ring (bicyclic) bond motifs is 2. The maximum atomic E-state index is 13.5. The molecule has 0 saturated heterocycles. The zero-order valence-corrected chi connectivity index (χ0v) is 23.4. The van der Waals surface area contributed by atoms with Gasteiger partial charge in [0.25, 0.3) is 11.8 Å². The van der Waals surface area contributed by atoms with Crippen molar-refractivity contribution < 1.29 is 19.1 Å². The van der Waals surface area contributed by atoms with E-state index in [4.69, 9.17) is 21.1 Å². The number of hydrogen-bond acceptors (Lipinski definition) is 4. The minimum absolute atomic E-state index is 0.0380. The number of aromatic amines is 1. The van der Waals surface area contributed by atoms with Gasteiger partial charge in [0.05, 0.1) is 14.2 Å². The van der Waals surface area contributed by atoms with Crippen molar-refractivity contribution in [2.75, 3.05) is 26.1 Å². The second kappa shape index (κ2) is 11.0. The number of carbonyl (C=O) groups is 2. The van der Waals surface area contributed by atoms with Crippen LogP contribution in [-0.2, 0) is 13.0 Å². The molecule has 206 valence electrons. The summed E-state index contributed by atoms with van der Waals surface area (Å²) in [5.74, 6) is 1.13. The van der Waals surface area contributed by atoms with Gasteiger partial charge < -0.3 is 24.7 Å². The first kappa shape index (κ1) is 26.5. The highest BCUT2D eigenvalue weighted by Gasteiger charge is 2.25. The van der Waals surface area contributed by atoms with Crippen molar-refractivity contribution in [1.29, 1.82) is 0 Å². The van der Waals surface area contributed by atoms with Gasteiger partial charge in [0.2, 0.25) is 0 Å². The molecule has 2 N–H and O–H groups in total. The van der Waals surface area contributed by atoms with E-state index >= 15 is 0 Å². The molecule has 41 heavy (non-hydrogen) atoms. The lowest BCUT2D eigenvalue weighted by Gasteiger charge is -2.29. The largest absolute Gasteiger partial charge is 0.493 e. The van der Waals surface area contributed by atoms with Crippen LogP contribution >= 0.6 is 11.6 Å². The lowest BCUT2D eigenvalue weighted by atomic mass is 9.98. The van der Waals surface area contributed by atoms with Gasteiger partial charge in [-0.15, -0.1) is 0 Å². The van der Waals surface area contributed by atoms with Crippen molar-refractivity contribution in [2.45, 2.75) is 13.0 Å². The van der Waals surface area contributed by atoms with E-state index in [2.05, 4.69) is 16.4 Å². The summed E-state index contributed by atoms with van der Waals surface area (Å²) in [6, 6.07) is 26.4. The van der Waals surface area contributed by atoms with Gasteiger partial charge >= 0.3 is 0 Å². The van der Waals surface area contributed by atoms with E-state index < -0.39 is 0 Å². The third-order valence-corrected chi connectivity index (χ3v) is 7.69. The summed E-state index contributed by atoms with van der Waals surface area (Å²) in [4.78, 5) is 31.1. The zero-order chi connectivity index (χ0) is 28.5. The number of nitrogens with one attached hydrogen (secondary N) is 2. The van der Waals surface area contributed by atoms with Crippen molar-refractivity contribution in [1.82, 2.24) is 9.88 Å². The van der Waals surface area contributed by atoms with Gasteiger partial charge in [0.15, 0.2) is 11.5 Å². The fourth-order valence-corrected chi connectivity index (χ4v) is 5.33. The monoisotopic (exact) mass is 565 g/mol. The smallest absolute Gasteiger partial charge is 0.270 e. The van der Waals surface area contributed by atoms with Crippen LogP contribution in [0.5, 0.6) is 11.5 Å². The van der Waals surface area contributed by atoms with E-state index in [1.165, 1.54) is 5.56 Å². The number of hydrogen-bond donors (Lipinski definition) is 2. The molecular formula is C33H28ClN3O4. The Balaban J connectivity index is 1.17. The summed E-state index contributed by atoms with van der Waals surface area (Å²) >= 11 is 5.92. The third-order valence-electron chi connectivity index (χ3n) is 7.44. The van der Waals surface area contributed by atoms with Gasteiger partial charge in [-0.2, -0.15) is 0 Å². The van der Waals surface area contributed by atoms with Crippen molar-refractivity contribution in [2.24, 2.45) is 0 Å². The molecule has 0 fully saturated rings. The number of rotatable bonds is 6. The lowest BCUT2D eigenvalue weighted by Crippen LogP contribution is -2.36. The average Bonchev–Trinajstić information content (AvgIpc) is 3.44. The maximum Gasteiger partial charge on any atom is 0.270 e. The van der Waals surface area contributed by atoms with Crippen LogP contribution in [0.25, 0.3) is 22.0 Å². The Morgan fingerprint density at radius 2 is 1.51 bits per heavy atom. The van der Waals surface area contributed by atoms with Crippen LogP contribution in [-0.4, -0.2) is 42.5 Å². The van der Waals surface area contributed by atoms with Crippen LogP contribution in [0.2, 0.25) is 5.02 Å². The number of halogens is 1. The SMILES string of the molecule is COc1cc2c(cc1OC)CN(C(=O)c1cc3cc(-c4ccc(NC(=O)c5ccc(Cl)cc5)cc4)ccc3[nH]1)CC2. The molecule has 7 nitrogen and oxygen atoms in total. The first-order valence-electron chi connectivity index (χ1n) is 13.2. The van der Waals surface area contributed by atoms with Gasteiger partial charge in [0, 0.05) is 40.3 Å². The van der Waals surface area contributed by atoms with E-state index in [0.717, 1.165) is 34.0 Å². The Labute approximate surface area is 242 Å². The minimum atomic E-state index is -0.198. The molecule has 0 radical (unpaired) electrons. The molecule has 6 rings (SSSR count). The lowest BCUT2D eigenvalue weighted by molar-refractivity contribution is 0.0729. The number of methoxy groups -OCH3 is 2. The quantitative estimate of drug-likeness (QED) is 0.233. The molecule has 1 aliphatic heterocycles. The van der Waals surface area contributed by atoms with Gasteiger partial charge in [-0.25, -0.2) is 0 Å². The van der Waals surface area contributed by atoms with Gasteiger partial charge in [-0.1, -0.05) is 29.8 Å². The van der Waals surface area contributed by atoms with E-state index in [-0.39, 0.29) is 11.8 Å². The average molecular weight is 566 g/mol. The molecule has 0 saturated carbocycles. The molecule has 1 aromatic heterocycles. The number of ether oxygens (including phenoxy) is 2. The molecule has 0 spiro atoms. The van der Waals surface area contributed by atoms with E-state index in [1.807, 2.05) is 59.5 Å². The molecule has 1 aliphatic rings. The first-order valence-corrected chi connectivity index (χ1v) is 13.6. The fourth-order valence-electron chi connectivity index (χ4n) is 5.20. The number of H-pyrrole nitrogens is 1. The van der Waals surface area contributed by atoms with Gasteiger partial charge in [0.1, 0.15) is 5.69 Å². The zero-order valence-electron chi connectivity index (χ0n) is 22.7. The van der Waals surface area contributed by atoms with Crippen molar-refractivity contribution >= 4 is 40.0 Å². The van der Waals surface area contributed by atoms with Crippen LogP contribution in [0.15, 0.2) is 84.9 Å². The minimum Gasteiger partial charge on any atom is -0.493 e. The highest BCUT2D eigenvalue weighted by molar-refractivity contribution is 6.30. The van der Waals surface area contributed by atoms with Gasteiger partial charge in [-0.3, -0.25) is 9.59 Å². The maximum absolute atomic E-state index is 13.5. The number of amides is 2. The van der Waals surface area contributed by atoms with Crippen molar-refractivity contribution in [3.8, 4) is 22.6 Å². The molecular weight excluding hydrogens is 538 g/mol. The summed E-state index contributed by atoms with van der Waals surface area (Å²) in [6.07, 6.45) is 0.752. The Kier molecular flexibility index (Phi) is 7.12. The summed E-state index contributed by atoms with van der Waals surface area (Å²) < 4.78 is 10.9. The molecule has 8 heteroatoms. The second-order valence-electron chi connectivity index (χ2n) is 9.98. The fraction of sp³-hybridized carbons (Fsp3) is 0.152. The van der Waals surface area contributed by atoms with E-state index in [0.29, 0.717) is 46.6 Å². The molecule has 2 heterocycles. The molecule has 0 aliphatic carbocycles. The van der Waals surface area contributed by atoms with Crippen molar-refractivity contribution in [3.05, 3.63) is 112 Å². The molecule has 0 bridgehead atoms. The summed E-state index contributed by atoms with van der Waals surface area (Å²) in [5.41, 5.74) is 6.94. The number of aromatic nitrogens is 1. The molecule has 4 aromatic carbocycles. The highest BCUT2D eigenvalue weighted by atomic mass is 35.5. The Bertz CT molecular complexity index is 1760. The van der Waals surface area contributed by atoms with E-state index in [1.54, 1.807) is 38.5 Å². The molecule has 0 unspecified atom stereocenters. The Morgan fingerprint density at radius 1 is 0.829 bits per heavy atom. The Hall–Kier alpha value is -4.75. The first-order chi connectivity index (χ1) is 19.9. The molecule has 2 amide bonds. The second-order valence-corrected chi connectivity index (χ2v) is 10.4. The van der Waals surface area contributed by atoms with Crippen LogP contribution in [0.3, 0.4) is 0 Å².